The van der Waals surface area contributed by atoms with E-state index in [4.69, 9.17) is 9.84 Å². The second-order valence-electron chi connectivity index (χ2n) is 6.87. The van der Waals surface area contributed by atoms with Crippen LogP contribution in [0.15, 0.2) is 33.9 Å². The molecule has 0 aromatic heterocycles. The lowest BCUT2D eigenvalue weighted by molar-refractivity contribution is -0.136. The van der Waals surface area contributed by atoms with Crippen molar-refractivity contribution in [3.8, 4) is 0 Å². The van der Waals surface area contributed by atoms with Crippen LogP contribution in [0, 0.1) is 0 Å². The number of carbonyl (C=O) groups excluding carboxylic acids is 2. The molecule has 0 aliphatic carbocycles. The Morgan fingerprint density at radius 1 is 1.40 bits per heavy atom. The Morgan fingerprint density at radius 2 is 2.08 bits per heavy atom. The van der Waals surface area contributed by atoms with Crippen molar-refractivity contribution in [2.24, 2.45) is 0 Å². The zero-order valence-electron chi connectivity index (χ0n) is 14.9. The predicted octanol–water partition coefficient (Wildman–Crippen LogP) is 2.42. The number of anilines is 1. The Labute approximate surface area is 156 Å². The quantitative estimate of drug-likeness (QED) is 0.728. The molecule has 0 unspecified atom stereocenters. The van der Waals surface area contributed by atoms with Crippen molar-refractivity contribution in [1.82, 2.24) is 4.90 Å². The van der Waals surface area contributed by atoms with Gasteiger partial charge in [0.2, 0.25) is 0 Å². The van der Waals surface area contributed by atoms with E-state index in [0.717, 1.165) is 10.0 Å². The number of nitrogens with one attached hydrogen (secondary N) is 1. The Kier molecular flexibility index (Phi) is 5.90. The Balaban J connectivity index is 2.35. The molecule has 1 heterocycles. The monoisotopic (exact) mass is 410 g/mol. The van der Waals surface area contributed by atoms with E-state index < -0.39 is 5.97 Å². The number of halogens is 1. The summed E-state index contributed by atoms with van der Waals surface area (Å²) in [5, 5.41) is 12.1. The number of carbonyl (C=O) groups is 2. The number of hydrogen-bond donors (Lipinski definition) is 2. The van der Waals surface area contributed by atoms with Crippen molar-refractivity contribution >= 4 is 33.5 Å². The van der Waals surface area contributed by atoms with Gasteiger partial charge >= 0.3 is 5.97 Å². The van der Waals surface area contributed by atoms with E-state index in [0.29, 0.717) is 5.69 Å². The van der Waals surface area contributed by atoms with E-state index in [9.17, 15) is 9.59 Å². The first-order chi connectivity index (χ1) is 11.7. The summed E-state index contributed by atoms with van der Waals surface area (Å²) < 4.78 is 5.58. The molecule has 1 aromatic rings. The highest BCUT2D eigenvalue weighted by molar-refractivity contribution is 9.10. The van der Waals surface area contributed by atoms with Gasteiger partial charge in [-0.15, -0.1) is 0 Å². The highest BCUT2D eigenvalue weighted by atomic mass is 79.9. The molecule has 136 valence electrons. The Bertz CT molecular complexity index is 722. The summed E-state index contributed by atoms with van der Waals surface area (Å²) >= 11 is 3.52. The van der Waals surface area contributed by atoms with Crippen LogP contribution in [0.5, 0.6) is 0 Å². The van der Waals surface area contributed by atoms with Crippen LogP contribution in [0.1, 0.15) is 26.3 Å². The first-order valence-electron chi connectivity index (χ1n) is 7.97. The van der Waals surface area contributed by atoms with E-state index in [2.05, 4.69) is 42.0 Å². The molecule has 1 aliphatic rings. The third-order valence-corrected chi connectivity index (χ3v) is 4.70. The van der Waals surface area contributed by atoms with Crippen molar-refractivity contribution in [2.45, 2.75) is 26.2 Å². The Morgan fingerprint density at radius 3 is 2.60 bits per heavy atom. The number of aliphatic hydroxyl groups excluding tert-OH is 1. The van der Waals surface area contributed by atoms with Gasteiger partial charge in [-0.25, -0.2) is 4.79 Å². The fourth-order valence-electron chi connectivity index (χ4n) is 2.57. The molecule has 0 atom stereocenters. The molecular formula is C18H23BrN2O4. The van der Waals surface area contributed by atoms with E-state index in [1.807, 2.05) is 18.2 Å². The number of rotatable bonds is 5. The van der Waals surface area contributed by atoms with Crippen molar-refractivity contribution in [2.75, 3.05) is 32.1 Å². The third kappa shape index (κ3) is 4.22. The fraction of sp³-hybridized carbons (Fsp3) is 0.444. The van der Waals surface area contributed by atoms with Crippen LogP contribution in [-0.2, 0) is 19.7 Å². The summed E-state index contributed by atoms with van der Waals surface area (Å²) in [6, 6.07) is 5.84. The lowest BCUT2D eigenvalue weighted by atomic mass is 9.87. The molecule has 0 bridgehead atoms. The van der Waals surface area contributed by atoms with Crippen LogP contribution in [0.2, 0.25) is 0 Å². The van der Waals surface area contributed by atoms with Gasteiger partial charge in [0.1, 0.15) is 5.70 Å². The van der Waals surface area contributed by atoms with Crippen molar-refractivity contribution in [3.63, 3.8) is 0 Å². The zero-order valence-corrected chi connectivity index (χ0v) is 16.4. The van der Waals surface area contributed by atoms with Crippen molar-refractivity contribution < 1.29 is 19.4 Å². The molecule has 0 saturated carbocycles. The number of nitrogens with zero attached hydrogens (tertiary/aromatic N) is 1. The second kappa shape index (κ2) is 7.58. The lowest BCUT2D eigenvalue weighted by Gasteiger charge is -2.21. The van der Waals surface area contributed by atoms with Crippen LogP contribution in [0.25, 0.3) is 0 Å². The van der Waals surface area contributed by atoms with Crippen LogP contribution < -0.4 is 5.32 Å². The maximum absolute atomic E-state index is 12.5. The number of β-amino-alcohol motifs (C(OH)–C–C–N with tert-alkyl or cyclic N) is 1. The van der Waals surface area contributed by atoms with Gasteiger partial charge in [0, 0.05) is 11.0 Å². The van der Waals surface area contributed by atoms with Crippen molar-refractivity contribution in [3.05, 3.63) is 39.5 Å². The minimum Gasteiger partial charge on any atom is -0.466 e. The SMILES string of the molecule is COC(=O)C1=C(Nc2ccc(C(C)(C)C)cc2Br)C(=O)N(CCO)C1. The van der Waals surface area contributed by atoms with Crippen LogP contribution in [0.3, 0.4) is 0 Å². The van der Waals surface area contributed by atoms with Crippen molar-refractivity contribution in [1.29, 1.82) is 0 Å². The van der Waals surface area contributed by atoms with Gasteiger partial charge in [0.15, 0.2) is 0 Å². The molecule has 2 rings (SSSR count). The number of hydrogen-bond acceptors (Lipinski definition) is 5. The number of aliphatic hydroxyl groups is 1. The van der Waals surface area contributed by atoms with Gasteiger partial charge in [0.05, 0.1) is 31.5 Å². The van der Waals surface area contributed by atoms with Crippen LogP contribution >= 0.6 is 15.9 Å². The fourth-order valence-corrected chi connectivity index (χ4v) is 3.04. The maximum atomic E-state index is 12.5. The molecule has 1 aliphatic heterocycles. The smallest absolute Gasteiger partial charge is 0.337 e. The average molecular weight is 411 g/mol. The highest BCUT2D eigenvalue weighted by Crippen LogP contribution is 2.32. The highest BCUT2D eigenvalue weighted by Gasteiger charge is 2.34. The van der Waals surface area contributed by atoms with E-state index in [1.54, 1.807) is 0 Å². The third-order valence-electron chi connectivity index (χ3n) is 4.05. The van der Waals surface area contributed by atoms with Gasteiger partial charge in [-0.3, -0.25) is 4.79 Å². The van der Waals surface area contributed by atoms with Crippen LogP contribution in [0.4, 0.5) is 5.69 Å². The first-order valence-corrected chi connectivity index (χ1v) is 8.77. The van der Waals surface area contributed by atoms with Gasteiger partial charge in [-0.1, -0.05) is 26.8 Å². The summed E-state index contributed by atoms with van der Waals surface area (Å²) in [4.78, 5) is 26.0. The van der Waals surface area contributed by atoms with E-state index >= 15 is 0 Å². The second-order valence-corrected chi connectivity index (χ2v) is 7.72. The maximum Gasteiger partial charge on any atom is 0.337 e. The summed E-state index contributed by atoms with van der Waals surface area (Å²) in [5.41, 5.74) is 2.27. The van der Waals surface area contributed by atoms with Gasteiger partial charge in [0.25, 0.3) is 5.91 Å². The number of ether oxygens (including phenoxy) is 1. The molecule has 1 aromatic carbocycles. The molecule has 2 N–H and O–H groups in total. The van der Waals surface area contributed by atoms with Gasteiger partial charge in [-0.05, 0) is 39.0 Å². The van der Waals surface area contributed by atoms with Gasteiger partial charge < -0.3 is 20.1 Å². The van der Waals surface area contributed by atoms with E-state index in [1.165, 1.54) is 12.0 Å². The molecule has 0 spiro atoms. The normalized spacial score (nSPS) is 15.0. The standard InChI is InChI=1S/C18H23BrN2O4/c1-18(2,3)11-5-6-14(13(19)9-11)20-15-12(17(24)25-4)10-21(7-8-22)16(15)23/h5-6,9,20,22H,7-8,10H2,1-4H3. The summed E-state index contributed by atoms with van der Waals surface area (Å²) in [6.45, 7) is 6.46. The number of benzene rings is 1. The molecule has 0 radical (unpaired) electrons. The molecule has 25 heavy (non-hydrogen) atoms. The molecule has 6 nitrogen and oxygen atoms in total. The first kappa shape index (κ1) is 19.5. The topological polar surface area (TPSA) is 78.9 Å². The molecular weight excluding hydrogens is 388 g/mol. The van der Waals surface area contributed by atoms with Gasteiger partial charge in [-0.2, -0.15) is 0 Å². The van der Waals surface area contributed by atoms with E-state index in [-0.39, 0.29) is 42.3 Å². The summed E-state index contributed by atoms with van der Waals surface area (Å²) in [6.07, 6.45) is 0. The summed E-state index contributed by atoms with van der Waals surface area (Å²) in [5.74, 6) is -0.889. The van der Waals surface area contributed by atoms with Crippen LogP contribution in [-0.4, -0.2) is 48.7 Å². The number of amides is 1. The molecule has 0 fully saturated rings. The number of methoxy groups -OCH3 is 1. The minimum absolute atomic E-state index is 0.00139. The Hall–Kier alpha value is -1.86. The number of esters is 1. The lowest BCUT2D eigenvalue weighted by Crippen LogP contribution is -2.31. The average Bonchev–Trinajstić information content (AvgIpc) is 2.85. The predicted molar refractivity (Wildman–Crippen MR) is 99.2 cm³/mol. The zero-order chi connectivity index (χ0) is 18.8. The summed E-state index contributed by atoms with van der Waals surface area (Å²) in [7, 11) is 1.28. The molecule has 7 heteroatoms. The largest absolute Gasteiger partial charge is 0.466 e. The minimum atomic E-state index is -0.557. The molecule has 1 amide bonds. The molecule has 0 saturated heterocycles.